The van der Waals surface area contributed by atoms with Crippen molar-refractivity contribution in [1.29, 1.82) is 0 Å². The number of hydrogen-bond donors (Lipinski definition) is 1. The van der Waals surface area contributed by atoms with Gasteiger partial charge >= 0.3 is 0 Å². The summed E-state index contributed by atoms with van der Waals surface area (Å²) in [5.41, 5.74) is 0.777. The molecule has 3 aromatic rings. The van der Waals surface area contributed by atoms with Gasteiger partial charge in [0.25, 0.3) is 5.91 Å². The summed E-state index contributed by atoms with van der Waals surface area (Å²) in [7, 11) is 0. The van der Waals surface area contributed by atoms with Crippen molar-refractivity contribution < 1.29 is 9.53 Å². The van der Waals surface area contributed by atoms with Gasteiger partial charge in [0, 0.05) is 16.1 Å². The smallest absolute Gasteiger partial charge is 0.265 e. The Labute approximate surface area is 139 Å². The molecule has 3 aromatic carbocycles. The van der Waals surface area contributed by atoms with E-state index in [-0.39, 0.29) is 5.91 Å². The second-order valence-electron chi connectivity index (χ2n) is 5.23. The summed E-state index contributed by atoms with van der Waals surface area (Å²) in [5, 5.41) is 5.64. The van der Waals surface area contributed by atoms with E-state index in [2.05, 4.69) is 5.32 Å². The minimum Gasteiger partial charge on any atom is -0.481 e. The number of amides is 1. The molecule has 3 nitrogen and oxygen atoms in total. The van der Waals surface area contributed by atoms with Gasteiger partial charge in [0.2, 0.25) is 0 Å². The monoisotopic (exact) mass is 325 g/mol. The van der Waals surface area contributed by atoms with Crippen LogP contribution in [-0.2, 0) is 4.79 Å². The lowest BCUT2D eigenvalue weighted by molar-refractivity contribution is -0.122. The molecule has 1 N–H and O–H groups in total. The highest BCUT2D eigenvalue weighted by Crippen LogP contribution is 2.23. The number of hydrogen-bond acceptors (Lipinski definition) is 2. The highest BCUT2D eigenvalue weighted by Gasteiger charge is 2.15. The minimum atomic E-state index is -0.616. The number of carbonyl (C=O) groups is 1. The Morgan fingerprint density at radius 1 is 1.00 bits per heavy atom. The number of nitrogens with one attached hydrogen (secondary N) is 1. The van der Waals surface area contributed by atoms with Gasteiger partial charge in [-0.1, -0.05) is 48.0 Å². The largest absolute Gasteiger partial charge is 0.481 e. The molecule has 0 saturated heterocycles. The number of ether oxygens (including phenoxy) is 1. The van der Waals surface area contributed by atoms with E-state index >= 15 is 0 Å². The molecule has 3 rings (SSSR count). The molecule has 0 spiro atoms. The van der Waals surface area contributed by atoms with E-state index < -0.39 is 6.10 Å². The number of benzene rings is 3. The van der Waals surface area contributed by atoms with Gasteiger partial charge in [0.1, 0.15) is 5.75 Å². The van der Waals surface area contributed by atoms with Crippen molar-refractivity contribution >= 4 is 34.0 Å². The fourth-order valence-electron chi connectivity index (χ4n) is 2.34. The Hall–Kier alpha value is -2.52. The first kappa shape index (κ1) is 15.4. The molecule has 0 heterocycles. The molecule has 4 heteroatoms. The van der Waals surface area contributed by atoms with Crippen LogP contribution >= 0.6 is 11.6 Å². The standard InChI is InChI=1S/C19H16ClNO2/c1-13(23-16-11-9-15(20)10-12-16)19(22)21-18-8-4-6-14-5-2-3-7-17(14)18/h2-13H,1H3,(H,21,22)/t13-/m1/s1. The van der Waals surface area contributed by atoms with Gasteiger partial charge in [0.15, 0.2) is 6.10 Å². The molecule has 1 atom stereocenters. The molecule has 0 unspecified atom stereocenters. The third-order valence-corrected chi connectivity index (χ3v) is 3.80. The number of anilines is 1. The summed E-state index contributed by atoms with van der Waals surface area (Å²) < 4.78 is 5.64. The fraction of sp³-hybridized carbons (Fsp3) is 0.105. The van der Waals surface area contributed by atoms with E-state index in [0.717, 1.165) is 16.5 Å². The van der Waals surface area contributed by atoms with Crippen LogP contribution in [0.5, 0.6) is 5.75 Å². The SMILES string of the molecule is C[C@@H](Oc1ccc(Cl)cc1)C(=O)Nc1cccc2ccccc12. The quantitative estimate of drug-likeness (QED) is 0.741. The molecular weight excluding hydrogens is 310 g/mol. The molecule has 0 aliphatic rings. The number of carbonyl (C=O) groups excluding carboxylic acids is 1. The second-order valence-corrected chi connectivity index (χ2v) is 5.67. The lowest BCUT2D eigenvalue weighted by Crippen LogP contribution is -2.30. The van der Waals surface area contributed by atoms with Gasteiger partial charge in [-0.15, -0.1) is 0 Å². The van der Waals surface area contributed by atoms with Crippen molar-refractivity contribution in [1.82, 2.24) is 0 Å². The predicted octanol–water partition coefficient (Wildman–Crippen LogP) is 4.90. The van der Waals surface area contributed by atoms with E-state index in [9.17, 15) is 4.79 Å². The Morgan fingerprint density at radius 3 is 2.48 bits per heavy atom. The number of fused-ring (bicyclic) bond motifs is 1. The molecule has 0 bridgehead atoms. The van der Waals surface area contributed by atoms with Crippen LogP contribution in [0.3, 0.4) is 0 Å². The number of halogens is 1. The molecule has 0 radical (unpaired) electrons. The van der Waals surface area contributed by atoms with Crippen molar-refractivity contribution in [3.05, 3.63) is 71.8 Å². The van der Waals surface area contributed by atoms with Gasteiger partial charge in [-0.05, 0) is 42.6 Å². The van der Waals surface area contributed by atoms with Crippen molar-refractivity contribution in [3.8, 4) is 5.75 Å². The molecule has 23 heavy (non-hydrogen) atoms. The fourth-order valence-corrected chi connectivity index (χ4v) is 2.47. The van der Waals surface area contributed by atoms with Gasteiger partial charge < -0.3 is 10.1 Å². The zero-order chi connectivity index (χ0) is 16.2. The maximum absolute atomic E-state index is 12.4. The molecule has 0 fully saturated rings. The van der Waals surface area contributed by atoms with E-state index in [1.54, 1.807) is 31.2 Å². The molecule has 0 aromatic heterocycles. The average molecular weight is 326 g/mol. The third kappa shape index (κ3) is 3.63. The molecule has 1 amide bonds. The van der Waals surface area contributed by atoms with Gasteiger partial charge in [-0.2, -0.15) is 0 Å². The minimum absolute atomic E-state index is 0.198. The Morgan fingerprint density at radius 2 is 1.70 bits per heavy atom. The summed E-state index contributed by atoms with van der Waals surface area (Å²) in [6.07, 6.45) is -0.616. The Kier molecular flexibility index (Phi) is 4.49. The Bertz CT molecular complexity index is 825. The van der Waals surface area contributed by atoms with Crippen LogP contribution in [0.4, 0.5) is 5.69 Å². The predicted molar refractivity (Wildman–Crippen MR) is 94.1 cm³/mol. The lowest BCUT2D eigenvalue weighted by Gasteiger charge is -2.15. The molecule has 0 saturated carbocycles. The normalized spacial score (nSPS) is 11.9. The maximum Gasteiger partial charge on any atom is 0.265 e. The zero-order valence-electron chi connectivity index (χ0n) is 12.6. The first-order chi connectivity index (χ1) is 11.1. The molecule has 116 valence electrons. The van der Waals surface area contributed by atoms with Gasteiger partial charge in [-0.25, -0.2) is 0 Å². The molecule has 0 aliphatic carbocycles. The van der Waals surface area contributed by atoms with Crippen LogP contribution in [0.15, 0.2) is 66.7 Å². The van der Waals surface area contributed by atoms with Gasteiger partial charge in [0.05, 0.1) is 0 Å². The van der Waals surface area contributed by atoms with Crippen LogP contribution in [0.1, 0.15) is 6.92 Å². The molecule has 0 aliphatic heterocycles. The zero-order valence-corrected chi connectivity index (χ0v) is 13.4. The number of rotatable bonds is 4. The van der Waals surface area contributed by atoms with Crippen LogP contribution in [0.2, 0.25) is 5.02 Å². The van der Waals surface area contributed by atoms with Crippen molar-refractivity contribution in [2.45, 2.75) is 13.0 Å². The van der Waals surface area contributed by atoms with Crippen LogP contribution < -0.4 is 10.1 Å². The van der Waals surface area contributed by atoms with Crippen LogP contribution in [-0.4, -0.2) is 12.0 Å². The van der Waals surface area contributed by atoms with E-state index in [0.29, 0.717) is 10.8 Å². The summed E-state index contributed by atoms with van der Waals surface area (Å²) in [5.74, 6) is 0.409. The topological polar surface area (TPSA) is 38.3 Å². The summed E-state index contributed by atoms with van der Waals surface area (Å²) in [6, 6.07) is 20.7. The van der Waals surface area contributed by atoms with Crippen molar-refractivity contribution in [3.63, 3.8) is 0 Å². The summed E-state index contributed by atoms with van der Waals surface area (Å²) >= 11 is 5.84. The van der Waals surface area contributed by atoms with Crippen LogP contribution in [0.25, 0.3) is 10.8 Å². The second kappa shape index (κ2) is 6.71. The Balaban J connectivity index is 1.74. The summed E-state index contributed by atoms with van der Waals surface area (Å²) in [4.78, 5) is 12.4. The first-order valence-corrected chi connectivity index (χ1v) is 7.72. The first-order valence-electron chi connectivity index (χ1n) is 7.34. The van der Waals surface area contributed by atoms with Gasteiger partial charge in [-0.3, -0.25) is 4.79 Å². The molecular formula is C19H16ClNO2. The van der Waals surface area contributed by atoms with Crippen LogP contribution in [0, 0.1) is 0 Å². The maximum atomic E-state index is 12.4. The average Bonchev–Trinajstić information content (AvgIpc) is 2.57. The van der Waals surface area contributed by atoms with E-state index in [1.807, 2.05) is 42.5 Å². The lowest BCUT2D eigenvalue weighted by atomic mass is 10.1. The van der Waals surface area contributed by atoms with Crippen molar-refractivity contribution in [2.75, 3.05) is 5.32 Å². The summed E-state index contributed by atoms with van der Waals surface area (Å²) in [6.45, 7) is 1.72. The van der Waals surface area contributed by atoms with E-state index in [4.69, 9.17) is 16.3 Å². The third-order valence-electron chi connectivity index (χ3n) is 3.54. The van der Waals surface area contributed by atoms with E-state index in [1.165, 1.54) is 0 Å². The highest BCUT2D eigenvalue weighted by atomic mass is 35.5. The highest BCUT2D eigenvalue weighted by molar-refractivity contribution is 6.30. The van der Waals surface area contributed by atoms with Crippen molar-refractivity contribution in [2.24, 2.45) is 0 Å².